The second-order valence-corrected chi connectivity index (χ2v) is 3.30. The second-order valence-electron chi connectivity index (χ2n) is 3.30. The number of aromatic amines is 1. The van der Waals surface area contributed by atoms with Gasteiger partial charge in [-0.3, -0.25) is 4.98 Å². The maximum Gasteiger partial charge on any atom is 0.114 e. The first kappa shape index (κ1) is 10.4. The number of aromatic nitrogens is 3. The van der Waals surface area contributed by atoms with Crippen LogP contribution in [0.25, 0.3) is 16.6 Å². The summed E-state index contributed by atoms with van der Waals surface area (Å²) in [5.74, 6) is 0. The van der Waals surface area contributed by atoms with Gasteiger partial charge in [0, 0.05) is 6.20 Å². The van der Waals surface area contributed by atoms with Gasteiger partial charge in [-0.25, -0.2) is 4.98 Å². The number of pyridine rings is 1. The molecule has 0 fully saturated rings. The molecule has 0 aliphatic carbocycles. The fraction of sp³-hybridized carbons (Fsp3) is 0.0769. The third-order valence-electron chi connectivity index (χ3n) is 2.33. The summed E-state index contributed by atoms with van der Waals surface area (Å²) in [5, 5.41) is 0. The van der Waals surface area contributed by atoms with Gasteiger partial charge in [0.2, 0.25) is 0 Å². The van der Waals surface area contributed by atoms with Crippen LogP contribution in [0.1, 0.15) is 12.6 Å². The minimum absolute atomic E-state index is 0.888. The Morgan fingerprint density at radius 1 is 1.44 bits per heavy atom. The zero-order valence-corrected chi connectivity index (χ0v) is 9.14. The molecule has 0 radical (unpaired) electrons. The topological polar surface area (TPSA) is 41.6 Å². The van der Waals surface area contributed by atoms with Crippen LogP contribution in [0.5, 0.6) is 0 Å². The first-order chi connectivity index (χ1) is 7.86. The fourth-order valence-corrected chi connectivity index (χ4v) is 1.56. The number of imidazole rings is 1. The molecule has 80 valence electrons. The summed E-state index contributed by atoms with van der Waals surface area (Å²) in [6.07, 6.45) is 11.1. The van der Waals surface area contributed by atoms with E-state index in [1.807, 2.05) is 31.2 Å². The summed E-state index contributed by atoms with van der Waals surface area (Å²) in [4.78, 5) is 11.7. The molecule has 2 rings (SSSR count). The van der Waals surface area contributed by atoms with Crippen LogP contribution in [0.3, 0.4) is 0 Å². The monoisotopic (exact) mass is 211 g/mol. The molecule has 0 aliphatic rings. The zero-order chi connectivity index (χ0) is 11.4. The lowest BCUT2D eigenvalue weighted by Gasteiger charge is -2.01. The minimum Gasteiger partial charge on any atom is -0.344 e. The zero-order valence-electron chi connectivity index (χ0n) is 9.14. The van der Waals surface area contributed by atoms with Crippen molar-refractivity contribution in [3.8, 4) is 0 Å². The lowest BCUT2D eigenvalue weighted by molar-refractivity contribution is 1.29. The number of nitrogens with zero attached hydrogens (tertiary/aromatic N) is 2. The number of allylic oxidation sites excluding steroid dienone is 5. The van der Waals surface area contributed by atoms with Gasteiger partial charge in [0.25, 0.3) is 0 Å². The van der Waals surface area contributed by atoms with E-state index in [2.05, 4.69) is 21.5 Å². The van der Waals surface area contributed by atoms with E-state index in [0.717, 1.165) is 22.3 Å². The van der Waals surface area contributed by atoms with Gasteiger partial charge in [-0.15, -0.1) is 0 Å². The van der Waals surface area contributed by atoms with Gasteiger partial charge >= 0.3 is 0 Å². The molecule has 0 atom stereocenters. The molecule has 2 aromatic heterocycles. The van der Waals surface area contributed by atoms with Gasteiger partial charge in [0.1, 0.15) is 5.52 Å². The number of hydrogen-bond donors (Lipinski definition) is 1. The molecule has 0 amide bonds. The third-order valence-corrected chi connectivity index (χ3v) is 2.33. The van der Waals surface area contributed by atoms with Crippen LogP contribution in [0.4, 0.5) is 0 Å². The van der Waals surface area contributed by atoms with Gasteiger partial charge in [-0.05, 0) is 18.6 Å². The van der Waals surface area contributed by atoms with Crippen LogP contribution in [0.2, 0.25) is 0 Å². The number of fused-ring (bicyclic) bond motifs is 1. The van der Waals surface area contributed by atoms with Crippen molar-refractivity contribution in [3.63, 3.8) is 0 Å². The van der Waals surface area contributed by atoms with Crippen molar-refractivity contribution < 1.29 is 0 Å². The predicted molar refractivity (Wildman–Crippen MR) is 66.9 cm³/mol. The average molecular weight is 211 g/mol. The molecule has 0 aromatic carbocycles. The lowest BCUT2D eigenvalue weighted by atomic mass is 10.1. The molecule has 2 aromatic rings. The fourth-order valence-electron chi connectivity index (χ4n) is 1.56. The molecule has 0 bridgehead atoms. The molecule has 3 heteroatoms. The van der Waals surface area contributed by atoms with Crippen LogP contribution >= 0.6 is 0 Å². The average Bonchev–Trinajstić information content (AvgIpc) is 2.78. The van der Waals surface area contributed by atoms with Crippen LogP contribution in [0.15, 0.2) is 49.5 Å². The normalized spacial score (nSPS) is 12.4. The molecular weight excluding hydrogens is 198 g/mol. The summed E-state index contributed by atoms with van der Waals surface area (Å²) in [7, 11) is 0. The van der Waals surface area contributed by atoms with Crippen molar-refractivity contribution in [2.45, 2.75) is 6.92 Å². The SMILES string of the molecule is C=C/C=C\C(=C/C)c1nccc2[nH]cnc12. The number of hydrogen-bond acceptors (Lipinski definition) is 2. The molecule has 0 aliphatic heterocycles. The van der Waals surface area contributed by atoms with Crippen molar-refractivity contribution in [2.75, 3.05) is 0 Å². The summed E-state index contributed by atoms with van der Waals surface area (Å²) >= 11 is 0. The van der Waals surface area contributed by atoms with Gasteiger partial charge in [-0.2, -0.15) is 0 Å². The molecule has 0 unspecified atom stereocenters. The highest BCUT2D eigenvalue weighted by atomic mass is 14.9. The standard InChI is InChI=1S/C13H13N3/c1-3-5-6-10(4-2)12-13-11(7-8-14-12)15-9-16-13/h3-9H,1H2,2H3,(H,15,16)/b6-5-,10-4+. The second kappa shape index (κ2) is 4.57. The highest BCUT2D eigenvalue weighted by Crippen LogP contribution is 2.20. The van der Waals surface area contributed by atoms with E-state index in [1.54, 1.807) is 18.6 Å². The minimum atomic E-state index is 0.888. The Labute approximate surface area is 94.2 Å². The molecule has 2 heterocycles. The molecule has 16 heavy (non-hydrogen) atoms. The van der Waals surface area contributed by atoms with E-state index < -0.39 is 0 Å². The summed E-state index contributed by atoms with van der Waals surface area (Å²) in [5.41, 5.74) is 3.82. The highest BCUT2D eigenvalue weighted by molar-refractivity contribution is 5.89. The molecule has 0 saturated carbocycles. The smallest absolute Gasteiger partial charge is 0.114 e. The Morgan fingerprint density at radius 3 is 3.06 bits per heavy atom. The first-order valence-corrected chi connectivity index (χ1v) is 5.10. The van der Waals surface area contributed by atoms with E-state index in [-0.39, 0.29) is 0 Å². The molecule has 1 N–H and O–H groups in total. The Bertz CT molecular complexity index is 561. The van der Waals surface area contributed by atoms with Crippen molar-refractivity contribution in [1.29, 1.82) is 0 Å². The van der Waals surface area contributed by atoms with Crippen LogP contribution in [-0.4, -0.2) is 15.0 Å². The van der Waals surface area contributed by atoms with Gasteiger partial charge < -0.3 is 4.98 Å². The van der Waals surface area contributed by atoms with Gasteiger partial charge in [0.05, 0.1) is 17.5 Å². The van der Waals surface area contributed by atoms with Crippen LogP contribution in [0, 0.1) is 0 Å². The summed E-state index contributed by atoms with van der Waals surface area (Å²) < 4.78 is 0. The lowest BCUT2D eigenvalue weighted by Crippen LogP contribution is -1.88. The summed E-state index contributed by atoms with van der Waals surface area (Å²) in [6.45, 7) is 5.64. The van der Waals surface area contributed by atoms with Crippen molar-refractivity contribution in [1.82, 2.24) is 15.0 Å². The Kier molecular flexibility index (Phi) is 2.96. The van der Waals surface area contributed by atoms with Gasteiger partial charge in [0.15, 0.2) is 0 Å². The van der Waals surface area contributed by atoms with E-state index in [1.165, 1.54) is 0 Å². The maximum atomic E-state index is 4.37. The van der Waals surface area contributed by atoms with Crippen molar-refractivity contribution in [3.05, 3.63) is 55.2 Å². The molecule has 0 saturated heterocycles. The third kappa shape index (κ3) is 1.80. The Hall–Kier alpha value is -2.16. The number of H-pyrrole nitrogens is 1. The quantitative estimate of drug-likeness (QED) is 0.792. The van der Waals surface area contributed by atoms with E-state index in [4.69, 9.17) is 0 Å². The van der Waals surface area contributed by atoms with E-state index >= 15 is 0 Å². The van der Waals surface area contributed by atoms with Crippen molar-refractivity contribution >= 4 is 16.6 Å². The molecule has 0 spiro atoms. The first-order valence-electron chi connectivity index (χ1n) is 5.10. The largest absolute Gasteiger partial charge is 0.344 e. The van der Waals surface area contributed by atoms with E-state index in [0.29, 0.717) is 0 Å². The Morgan fingerprint density at radius 2 is 2.31 bits per heavy atom. The van der Waals surface area contributed by atoms with Crippen molar-refractivity contribution in [2.24, 2.45) is 0 Å². The van der Waals surface area contributed by atoms with Crippen LogP contribution in [-0.2, 0) is 0 Å². The Balaban J connectivity index is 2.57. The molecular formula is C13H13N3. The van der Waals surface area contributed by atoms with Gasteiger partial charge in [-0.1, -0.05) is 30.9 Å². The predicted octanol–water partition coefficient (Wildman–Crippen LogP) is 3.10. The van der Waals surface area contributed by atoms with E-state index in [9.17, 15) is 0 Å². The maximum absolute atomic E-state index is 4.37. The molecule has 3 nitrogen and oxygen atoms in total. The number of rotatable bonds is 3. The highest BCUT2D eigenvalue weighted by Gasteiger charge is 2.06. The summed E-state index contributed by atoms with van der Waals surface area (Å²) in [6, 6.07) is 1.91. The number of nitrogens with one attached hydrogen (secondary N) is 1. The van der Waals surface area contributed by atoms with Crippen LogP contribution < -0.4 is 0 Å².